The molecule has 1 aliphatic heterocycles. The Labute approximate surface area is 72.9 Å². The Hall–Kier alpha value is -0.540. The summed E-state index contributed by atoms with van der Waals surface area (Å²) in [4.78, 5) is 0. The molecule has 0 saturated heterocycles. The van der Waals surface area contributed by atoms with Crippen LogP contribution in [0, 0.1) is 5.92 Å². The summed E-state index contributed by atoms with van der Waals surface area (Å²) >= 11 is 0. The maximum atomic E-state index is 5.52. The van der Waals surface area contributed by atoms with E-state index in [4.69, 9.17) is 10.6 Å². The van der Waals surface area contributed by atoms with E-state index in [-0.39, 0.29) is 0 Å². The fourth-order valence-corrected chi connectivity index (χ4v) is 1.95. The molecule has 0 aromatic rings. The van der Waals surface area contributed by atoms with Crippen LogP contribution in [0.25, 0.3) is 0 Å². The van der Waals surface area contributed by atoms with Gasteiger partial charge in [0.25, 0.3) is 0 Å². The largest absolute Gasteiger partial charge is 0.501 e. The minimum absolute atomic E-state index is 0.376. The van der Waals surface area contributed by atoms with E-state index in [2.05, 4.69) is 5.43 Å². The predicted molar refractivity (Wildman–Crippen MR) is 47.1 cm³/mol. The van der Waals surface area contributed by atoms with E-state index in [9.17, 15) is 0 Å². The molecule has 0 aromatic heterocycles. The molecule has 1 heterocycles. The number of hydrazine groups is 1. The zero-order valence-corrected chi connectivity index (χ0v) is 7.25. The number of rotatable bonds is 3. The molecule has 3 nitrogen and oxygen atoms in total. The molecule has 0 radical (unpaired) electrons. The normalized spacial score (nSPS) is 25.9. The molecular weight excluding hydrogens is 152 g/mol. The monoisotopic (exact) mass is 168 g/mol. The number of ether oxygens (including phenoxy) is 1. The Morgan fingerprint density at radius 3 is 2.83 bits per heavy atom. The van der Waals surface area contributed by atoms with Gasteiger partial charge in [-0.25, -0.2) is 0 Å². The first kappa shape index (κ1) is 8.08. The van der Waals surface area contributed by atoms with E-state index >= 15 is 0 Å². The number of hydrogen-bond donors (Lipinski definition) is 2. The Morgan fingerprint density at radius 1 is 1.58 bits per heavy atom. The predicted octanol–water partition coefficient (Wildman–Crippen LogP) is 0.923. The molecule has 1 saturated carbocycles. The lowest BCUT2D eigenvalue weighted by Gasteiger charge is -2.33. The minimum atomic E-state index is 0.376. The van der Waals surface area contributed by atoms with Gasteiger partial charge < -0.3 is 4.74 Å². The fraction of sp³-hybridized carbons (Fsp3) is 0.778. The van der Waals surface area contributed by atoms with Crippen molar-refractivity contribution < 1.29 is 4.74 Å². The van der Waals surface area contributed by atoms with Crippen molar-refractivity contribution >= 4 is 0 Å². The van der Waals surface area contributed by atoms with E-state index in [1.165, 1.54) is 24.8 Å². The van der Waals surface area contributed by atoms with Gasteiger partial charge in [-0.3, -0.25) is 11.3 Å². The Kier molecular flexibility index (Phi) is 2.33. The third kappa shape index (κ3) is 1.34. The zero-order valence-electron chi connectivity index (χ0n) is 7.25. The molecule has 12 heavy (non-hydrogen) atoms. The van der Waals surface area contributed by atoms with Crippen molar-refractivity contribution in [3.63, 3.8) is 0 Å². The average molecular weight is 168 g/mol. The van der Waals surface area contributed by atoms with Crippen LogP contribution in [-0.2, 0) is 4.74 Å². The van der Waals surface area contributed by atoms with Crippen LogP contribution in [0.2, 0.25) is 0 Å². The first-order valence-corrected chi connectivity index (χ1v) is 4.68. The summed E-state index contributed by atoms with van der Waals surface area (Å²) in [7, 11) is 0. The molecule has 68 valence electrons. The first-order chi connectivity index (χ1) is 5.92. The van der Waals surface area contributed by atoms with Crippen LogP contribution in [0.1, 0.15) is 25.7 Å². The quantitative estimate of drug-likeness (QED) is 0.486. The molecule has 0 spiro atoms. The lowest BCUT2D eigenvalue weighted by Crippen LogP contribution is -2.44. The third-order valence-corrected chi connectivity index (χ3v) is 2.94. The zero-order chi connectivity index (χ0) is 8.39. The lowest BCUT2D eigenvalue weighted by atomic mass is 9.77. The van der Waals surface area contributed by atoms with Gasteiger partial charge in [0.05, 0.1) is 12.9 Å². The van der Waals surface area contributed by atoms with E-state index in [0.717, 1.165) is 18.9 Å². The van der Waals surface area contributed by atoms with Gasteiger partial charge in [-0.2, -0.15) is 0 Å². The SMILES string of the molecule is NNC(C1=COCC1)C1CCC1. The van der Waals surface area contributed by atoms with Crippen molar-refractivity contribution in [1.29, 1.82) is 0 Å². The van der Waals surface area contributed by atoms with Gasteiger partial charge in [0, 0.05) is 12.5 Å². The summed E-state index contributed by atoms with van der Waals surface area (Å²) in [6.07, 6.45) is 6.91. The molecule has 0 amide bonds. The van der Waals surface area contributed by atoms with E-state index < -0.39 is 0 Å². The summed E-state index contributed by atoms with van der Waals surface area (Å²) in [6, 6.07) is 0.376. The molecule has 3 N–H and O–H groups in total. The molecule has 1 aliphatic carbocycles. The van der Waals surface area contributed by atoms with Crippen LogP contribution >= 0.6 is 0 Å². The molecule has 2 aliphatic rings. The molecule has 2 rings (SSSR count). The van der Waals surface area contributed by atoms with Gasteiger partial charge in [0.15, 0.2) is 0 Å². The van der Waals surface area contributed by atoms with Crippen molar-refractivity contribution in [3.8, 4) is 0 Å². The van der Waals surface area contributed by atoms with Gasteiger partial charge in [-0.05, 0) is 24.3 Å². The lowest BCUT2D eigenvalue weighted by molar-refractivity contribution is 0.251. The van der Waals surface area contributed by atoms with Crippen LogP contribution < -0.4 is 11.3 Å². The fourth-order valence-electron chi connectivity index (χ4n) is 1.95. The Bertz CT molecular complexity index is 187. The third-order valence-electron chi connectivity index (χ3n) is 2.94. The number of nitrogens with one attached hydrogen (secondary N) is 1. The van der Waals surface area contributed by atoms with Crippen LogP contribution in [0.15, 0.2) is 11.8 Å². The van der Waals surface area contributed by atoms with Crippen LogP contribution in [0.5, 0.6) is 0 Å². The number of nitrogens with two attached hydrogens (primary N) is 1. The van der Waals surface area contributed by atoms with E-state index in [1.807, 2.05) is 6.26 Å². The van der Waals surface area contributed by atoms with Crippen molar-refractivity contribution in [2.75, 3.05) is 6.61 Å². The maximum Gasteiger partial charge on any atom is 0.0912 e. The van der Waals surface area contributed by atoms with Gasteiger partial charge >= 0.3 is 0 Å². The minimum Gasteiger partial charge on any atom is -0.501 e. The van der Waals surface area contributed by atoms with E-state index in [1.54, 1.807) is 0 Å². The molecule has 3 heteroatoms. The van der Waals surface area contributed by atoms with Crippen molar-refractivity contribution in [3.05, 3.63) is 11.8 Å². The maximum absolute atomic E-state index is 5.52. The molecule has 1 unspecified atom stereocenters. The van der Waals surface area contributed by atoms with E-state index in [0.29, 0.717) is 6.04 Å². The molecule has 0 bridgehead atoms. The molecule has 1 fully saturated rings. The topological polar surface area (TPSA) is 47.3 Å². The van der Waals surface area contributed by atoms with Crippen molar-refractivity contribution in [2.24, 2.45) is 11.8 Å². The Balaban J connectivity index is 1.96. The summed E-state index contributed by atoms with van der Waals surface area (Å²) in [5, 5.41) is 0. The van der Waals surface area contributed by atoms with Crippen LogP contribution in [0.4, 0.5) is 0 Å². The summed E-state index contributed by atoms with van der Waals surface area (Å²) in [5.41, 5.74) is 4.25. The highest BCUT2D eigenvalue weighted by Crippen LogP contribution is 2.34. The van der Waals surface area contributed by atoms with Crippen molar-refractivity contribution in [1.82, 2.24) is 5.43 Å². The van der Waals surface area contributed by atoms with Crippen molar-refractivity contribution in [2.45, 2.75) is 31.7 Å². The van der Waals surface area contributed by atoms with Gasteiger partial charge in [-0.15, -0.1) is 0 Å². The Morgan fingerprint density at radius 2 is 2.42 bits per heavy atom. The smallest absolute Gasteiger partial charge is 0.0912 e. The first-order valence-electron chi connectivity index (χ1n) is 4.68. The second-order valence-electron chi connectivity index (χ2n) is 3.65. The highest BCUT2D eigenvalue weighted by atomic mass is 16.5. The van der Waals surface area contributed by atoms with Crippen LogP contribution in [-0.4, -0.2) is 12.6 Å². The summed E-state index contributed by atoms with van der Waals surface area (Å²) in [6.45, 7) is 0.834. The summed E-state index contributed by atoms with van der Waals surface area (Å²) in [5.74, 6) is 6.27. The van der Waals surface area contributed by atoms with Gasteiger partial charge in [0.2, 0.25) is 0 Å². The number of hydrogen-bond acceptors (Lipinski definition) is 3. The highest BCUT2D eigenvalue weighted by molar-refractivity contribution is 5.13. The molecular formula is C9H16N2O. The second-order valence-corrected chi connectivity index (χ2v) is 3.65. The summed E-state index contributed by atoms with van der Waals surface area (Å²) < 4.78 is 5.20. The van der Waals surface area contributed by atoms with Gasteiger partial charge in [-0.1, -0.05) is 6.42 Å². The molecule has 1 atom stereocenters. The standard InChI is InChI=1S/C9H16N2O/c10-11-9(7-2-1-3-7)8-4-5-12-6-8/h6-7,9,11H,1-5,10H2. The second kappa shape index (κ2) is 3.46. The van der Waals surface area contributed by atoms with Gasteiger partial charge in [0.1, 0.15) is 0 Å². The highest BCUT2D eigenvalue weighted by Gasteiger charge is 2.30. The average Bonchev–Trinajstić information content (AvgIpc) is 2.47. The van der Waals surface area contributed by atoms with Crippen LogP contribution in [0.3, 0.4) is 0 Å². The molecule has 0 aromatic carbocycles.